The van der Waals surface area contributed by atoms with Crippen molar-refractivity contribution in [2.75, 3.05) is 6.61 Å². The Kier molecular flexibility index (Phi) is 4.86. The van der Waals surface area contributed by atoms with Gasteiger partial charge in [0, 0.05) is 6.07 Å². The van der Waals surface area contributed by atoms with Crippen LogP contribution >= 0.6 is 15.9 Å². The van der Waals surface area contributed by atoms with E-state index in [1.54, 1.807) is 13.8 Å². The van der Waals surface area contributed by atoms with Crippen LogP contribution in [0, 0.1) is 11.6 Å². The molecule has 0 saturated heterocycles. The van der Waals surface area contributed by atoms with Gasteiger partial charge in [0.15, 0.2) is 18.2 Å². The Bertz CT molecular complexity index is 398. The van der Waals surface area contributed by atoms with Gasteiger partial charge in [-0.3, -0.25) is 0 Å². The van der Waals surface area contributed by atoms with Crippen LogP contribution in [0.2, 0.25) is 0 Å². The molecule has 94 valence electrons. The molecule has 0 radical (unpaired) electrons. The van der Waals surface area contributed by atoms with Crippen LogP contribution in [0.15, 0.2) is 16.6 Å². The van der Waals surface area contributed by atoms with E-state index in [0.29, 0.717) is 6.07 Å². The van der Waals surface area contributed by atoms with Gasteiger partial charge in [0.05, 0.1) is 10.6 Å². The number of benzene rings is 1. The zero-order valence-electron chi connectivity index (χ0n) is 9.30. The average Bonchev–Trinajstić information content (AvgIpc) is 2.14. The number of halogens is 3. The summed E-state index contributed by atoms with van der Waals surface area (Å²) in [5, 5.41) is 0. The fourth-order valence-corrected chi connectivity index (χ4v) is 1.62. The molecule has 6 heteroatoms. The first-order valence-corrected chi connectivity index (χ1v) is 5.66. The molecule has 0 bridgehead atoms. The van der Waals surface area contributed by atoms with Gasteiger partial charge in [-0.2, -0.15) is 0 Å². The summed E-state index contributed by atoms with van der Waals surface area (Å²) in [5.74, 6) is -2.44. The first kappa shape index (κ1) is 13.9. The Balaban J connectivity index is 2.67. The highest BCUT2D eigenvalue weighted by Gasteiger charge is 2.13. The standard InChI is InChI=1S/C11H11BrF2O3/c1-6(2)17-10(15)5-16-11-8(12)3-7(13)4-9(11)14/h3-4,6H,5H2,1-2H3. The van der Waals surface area contributed by atoms with E-state index in [-0.39, 0.29) is 16.3 Å². The Morgan fingerprint density at radius 3 is 2.59 bits per heavy atom. The Morgan fingerprint density at radius 1 is 1.41 bits per heavy atom. The lowest BCUT2D eigenvalue weighted by Crippen LogP contribution is -2.19. The van der Waals surface area contributed by atoms with Gasteiger partial charge in [-0.05, 0) is 35.8 Å². The predicted octanol–water partition coefficient (Wildman–Crippen LogP) is 3.06. The van der Waals surface area contributed by atoms with E-state index in [0.717, 1.165) is 6.07 Å². The van der Waals surface area contributed by atoms with Gasteiger partial charge in [-0.25, -0.2) is 13.6 Å². The third-order valence-electron chi connectivity index (χ3n) is 1.66. The van der Waals surface area contributed by atoms with Gasteiger partial charge in [-0.1, -0.05) is 0 Å². The van der Waals surface area contributed by atoms with Crippen molar-refractivity contribution < 1.29 is 23.0 Å². The SMILES string of the molecule is CC(C)OC(=O)COc1c(F)cc(F)cc1Br. The highest BCUT2D eigenvalue weighted by atomic mass is 79.9. The van der Waals surface area contributed by atoms with Crippen LogP contribution in [-0.2, 0) is 9.53 Å². The molecule has 0 aliphatic heterocycles. The first-order chi connectivity index (χ1) is 7.90. The number of esters is 1. The van der Waals surface area contributed by atoms with E-state index in [9.17, 15) is 13.6 Å². The monoisotopic (exact) mass is 308 g/mol. The maximum Gasteiger partial charge on any atom is 0.344 e. The van der Waals surface area contributed by atoms with Crippen molar-refractivity contribution in [3.8, 4) is 5.75 Å². The number of carbonyl (C=O) groups excluding carboxylic acids is 1. The first-order valence-electron chi connectivity index (χ1n) is 4.87. The summed E-state index contributed by atoms with van der Waals surface area (Å²) in [5.41, 5.74) is 0. The molecule has 0 spiro atoms. The normalized spacial score (nSPS) is 10.5. The molecule has 1 rings (SSSR count). The van der Waals surface area contributed by atoms with Crippen LogP contribution < -0.4 is 4.74 Å². The van der Waals surface area contributed by atoms with Crippen molar-refractivity contribution in [1.82, 2.24) is 0 Å². The number of ether oxygens (including phenoxy) is 2. The molecule has 0 saturated carbocycles. The third-order valence-corrected chi connectivity index (χ3v) is 2.25. The molecule has 0 aliphatic rings. The van der Waals surface area contributed by atoms with Crippen molar-refractivity contribution in [2.24, 2.45) is 0 Å². The summed E-state index contributed by atoms with van der Waals surface area (Å²) in [6.45, 7) is 2.94. The minimum atomic E-state index is -0.880. The van der Waals surface area contributed by atoms with E-state index in [4.69, 9.17) is 9.47 Å². The van der Waals surface area contributed by atoms with Crippen molar-refractivity contribution in [1.29, 1.82) is 0 Å². The molecule has 0 atom stereocenters. The molecule has 0 aliphatic carbocycles. The predicted molar refractivity (Wildman–Crippen MR) is 60.8 cm³/mol. The lowest BCUT2D eigenvalue weighted by atomic mass is 10.3. The summed E-state index contributed by atoms with van der Waals surface area (Å²) in [4.78, 5) is 11.2. The van der Waals surface area contributed by atoms with Crippen molar-refractivity contribution in [3.05, 3.63) is 28.2 Å². The zero-order chi connectivity index (χ0) is 13.0. The molecule has 0 unspecified atom stereocenters. The lowest BCUT2D eigenvalue weighted by Gasteiger charge is -2.10. The fourth-order valence-electron chi connectivity index (χ4n) is 1.09. The van der Waals surface area contributed by atoms with Crippen LogP contribution in [0.5, 0.6) is 5.75 Å². The summed E-state index contributed by atoms with van der Waals surface area (Å²) in [6, 6.07) is 1.72. The minimum absolute atomic E-state index is 0.104. The molecule has 3 nitrogen and oxygen atoms in total. The van der Waals surface area contributed by atoms with E-state index in [1.807, 2.05) is 0 Å². The molecule has 0 fully saturated rings. The highest BCUT2D eigenvalue weighted by Crippen LogP contribution is 2.29. The molecule has 1 aromatic carbocycles. The Labute approximate surface area is 106 Å². The molecule has 0 heterocycles. The second kappa shape index (κ2) is 5.95. The third kappa shape index (κ3) is 4.30. The van der Waals surface area contributed by atoms with Crippen LogP contribution in [0.1, 0.15) is 13.8 Å². The Hall–Kier alpha value is -1.17. The van der Waals surface area contributed by atoms with Gasteiger partial charge in [0.1, 0.15) is 5.82 Å². The maximum atomic E-state index is 13.3. The van der Waals surface area contributed by atoms with Crippen molar-refractivity contribution in [2.45, 2.75) is 20.0 Å². The second-order valence-corrected chi connectivity index (χ2v) is 4.38. The molecular weight excluding hydrogens is 298 g/mol. The zero-order valence-corrected chi connectivity index (χ0v) is 10.9. The molecule has 0 N–H and O–H groups in total. The lowest BCUT2D eigenvalue weighted by molar-refractivity contribution is -0.149. The largest absolute Gasteiger partial charge is 0.478 e. The summed E-state index contributed by atoms with van der Waals surface area (Å²) in [7, 11) is 0. The van der Waals surface area contributed by atoms with Crippen LogP contribution in [0.4, 0.5) is 8.78 Å². The van der Waals surface area contributed by atoms with Crippen molar-refractivity contribution in [3.63, 3.8) is 0 Å². The van der Waals surface area contributed by atoms with Crippen LogP contribution in [-0.4, -0.2) is 18.7 Å². The second-order valence-electron chi connectivity index (χ2n) is 3.53. The molecular formula is C11H11BrF2O3. The van der Waals surface area contributed by atoms with E-state index in [2.05, 4.69) is 15.9 Å². The van der Waals surface area contributed by atoms with Gasteiger partial charge in [-0.15, -0.1) is 0 Å². The molecule has 1 aromatic rings. The van der Waals surface area contributed by atoms with Crippen molar-refractivity contribution >= 4 is 21.9 Å². The van der Waals surface area contributed by atoms with Gasteiger partial charge in [0.2, 0.25) is 0 Å². The smallest absolute Gasteiger partial charge is 0.344 e. The van der Waals surface area contributed by atoms with E-state index in [1.165, 1.54) is 0 Å². The highest BCUT2D eigenvalue weighted by molar-refractivity contribution is 9.10. The summed E-state index contributed by atoms with van der Waals surface area (Å²) >= 11 is 2.94. The summed E-state index contributed by atoms with van der Waals surface area (Å²) < 4.78 is 35.9. The van der Waals surface area contributed by atoms with E-state index < -0.39 is 24.2 Å². The number of hydrogen-bond donors (Lipinski definition) is 0. The molecule has 17 heavy (non-hydrogen) atoms. The van der Waals surface area contributed by atoms with Gasteiger partial charge < -0.3 is 9.47 Å². The molecule has 0 amide bonds. The van der Waals surface area contributed by atoms with E-state index >= 15 is 0 Å². The molecule has 0 aromatic heterocycles. The van der Waals surface area contributed by atoms with Gasteiger partial charge in [0.25, 0.3) is 0 Å². The number of carbonyl (C=O) groups is 1. The number of rotatable bonds is 4. The summed E-state index contributed by atoms with van der Waals surface area (Å²) in [6.07, 6.45) is -0.271. The quantitative estimate of drug-likeness (QED) is 0.802. The van der Waals surface area contributed by atoms with Gasteiger partial charge >= 0.3 is 5.97 Å². The maximum absolute atomic E-state index is 13.3. The topological polar surface area (TPSA) is 35.5 Å². The van der Waals surface area contributed by atoms with Crippen LogP contribution in [0.3, 0.4) is 0 Å². The average molecular weight is 309 g/mol. The fraction of sp³-hybridized carbons (Fsp3) is 0.364. The minimum Gasteiger partial charge on any atom is -0.478 e. The van der Waals surface area contributed by atoms with Crippen LogP contribution in [0.25, 0.3) is 0 Å². The Morgan fingerprint density at radius 2 is 2.06 bits per heavy atom. The number of hydrogen-bond acceptors (Lipinski definition) is 3.